The van der Waals surface area contributed by atoms with Crippen molar-refractivity contribution in [1.29, 1.82) is 0 Å². The van der Waals surface area contributed by atoms with E-state index in [1.807, 2.05) is 19.1 Å². The van der Waals surface area contributed by atoms with E-state index in [0.717, 1.165) is 5.56 Å². The summed E-state index contributed by atoms with van der Waals surface area (Å²) in [5, 5.41) is 18.4. The zero-order chi connectivity index (χ0) is 12.8. The van der Waals surface area contributed by atoms with E-state index in [4.69, 9.17) is 9.47 Å². The first-order valence-corrected chi connectivity index (χ1v) is 5.72. The Kier molecular flexibility index (Phi) is 5.25. The van der Waals surface area contributed by atoms with Crippen LogP contribution in [0, 0.1) is 6.92 Å². The number of hydrogen-bond donors (Lipinski definition) is 2. The summed E-state index contributed by atoms with van der Waals surface area (Å²) in [7, 11) is 0. The molecule has 4 nitrogen and oxygen atoms in total. The zero-order valence-electron chi connectivity index (χ0n) is 10.5. The summed E-state index contributed by atoms with van der Waals surface area (Å²) >= 11 is 0. The normalized spacial score (nSPS) is 14.2. The number of benzene rings is 1. The molecule has 2 unspecified atom stereocenters. The number of para-hydroxylation sites is 1. The maximum Gasteiger partial charge on any atom is 0.164 e. The standard InChI is InChI=1S/C13H20O4/c1-9-5-4-6-12(16-7-10(2)14)13(9)17-8-11(3)15/h4-6,10-11,14-15H,7-8H2,1-3H3. The minimum Gasteiger partial charge on any atom is -0.487 e. The van der Waals surface area contributed by atoms with E-state index in [-0.39, 0.29) is 13.2 Å². The average molecular weight is 240 g/mol. The van der Waals surface area contributed by atoms with Crippen LogP contribution in [0.3, 0.4) is 0 Å². The van der Waals surface area contributed by atoms with Crippen LogP contribution in [0.25, 0.3) is 0 Å². The lowest BCUT2D eigenvalue weighted by atomic mass is 10.2. The Bertz CT molecular complexity index is 347. The number of rotatable bonds is 6. The fourth-order valence-corrected chi connectivity index (χ4v) is 1.34. The van der Waals surface area contributed by atoms with E-state index in [2.05, 4.69) is 0 Å². The van der Waals surface area contributed by atoms with Crippen LogP contribution in [0.15, 0.2) is 18.2 Å². The topological polar surface area (TPSA) is 58.9 Å². The average Bonchev–Trinajstić information content (AvgIpc) is 2.24. The zero-order valence-corrected chi connectivity index (χ0v) is 10.5. The molecule has 4 heteroatoms. The van der Waals surface area contributed by atoms with E-state index in [1.165, 1.54) is 0 Å². The molecule has 96 valence electrons. The van der Waals surface area contributed by atoms with Crippen LogP contribution >= 0.6 is 0 Å². The quantitative estimate of drug-likeness (QED) is 0.791. The summed E-state index contributed by atoms with van der Waals surface area (Å²) in [6.45, 7) is 5.66. The molecule has 0 amide bonds. The molecule has 1 aromatic carbocycles. The highest BCUT2D eigenvalue weighted by Crippen LogP contribution is 2.30. The molecule has 0 radical (unpaired) electrons. The highest BCUT2D eigenvalue weighted by Gasteiger charge is 2.10. The van der Waals surface area contributed by atoms with Gasteiger partial charge in [-0.2, -0.15) is 0 Å². The van der Waals surface area contributed by atoms with Crippen LogP contribution in [-0.2, 0) is 0 Å². The van der Waals surface area contributed by atoms with Gasteiger partial charge in [0.1, 0.15) is 13.2 Å². The maximum atomic E-state index is 9.21. The van der Waals surface area contributed by atoms with Crippen molar-refractivity contribution < 1.29 is 19.7 Å². The maximum absolute atomic E-state index is 9.21. The summed E-state index contributed by atoms with van der Waals surface area (Å²) < 4.78 is 11.0. The Balaban J connectivity index is 2.76. The molecule has 0 aliphatic carbocycles. The van der Waals surface area contributed by atoms with Gasteiger partial charge in [0.05, 0.1) is 12.2 Å². The Morgan fingerprint density at radius 3 is 2.24 bits per heavy atom. The van der Waals surface area contributed by atoms with Crippen molar-refractivity contribution in [2.24, 2.45) is 0 Å². The van der Waals surface area contributed by atoms with E-state index >= 15 is 0 Å². The molecule has 0 aliphatic heterocycles. The predicted octanol–water partition coefficient (Wildman–Crippen LogP) is 1.51. The number of aliphatic hydroxyl groups is 2. The Morgan fingerprint density at radius 1 is 1.06 bits per heavy atom. The fraction of sp³-hybridized carbons (Fsp3) is 0.538. The number of ether oxygens (including phenoxy) is 2. The summed E-state index contributed by atoms with van der Waals surface area (Å²) in [5.74, 6) is 1.21. The van der Waals surface area contributed by atoms with Crippen molar-refractivity contribution in [3.8, 4) is 11.5 Å². The Morgan fingerprint density at radius 2 is 1.65 bits per heavy atom. The summed E-state index contributed by atoms with van der Waals surface area (Å²) in [5.41, 5.74) is 0.939. The van der Waals surface area contributed by atoms with Crippen molar-refractivity contribution >= 4 is 0 Å². The van der Waals surface area contributed by atoms with Gasteiger partial charge in [-0.3, -0.25) is 0 Å². The van der Waals surface area contributed by atoms with Crippen LogP contribution < -0.4 is 9.47 Å². The van der Waals surface area contributed by atoms with Gasteiger partial charge in [-0.1, -0.05) is 12.1 Å². The van der Waals surface area contributed by atoms with Crippen LogP contribution in [0.4, 0.5) is 0 Å². The third kappa shape index (κ3) is 4.63. The molecule has 2 N–H and O–H groups in total. The number of aliphatic hydroxyl groups excluding tert-OH is 2. The second kappa shape index (κ2) is 6.47. The number of aryl methyl sites for hydroxylation is 1. The lowest BCUT2D eigenvalue weighted by molar-refractivity contribution is 0.107. The molecule has 0 heterocycles. The van der Waals surface area contributed by atoms with Gasteiger partial charge < -0.3 is 19.7 Å². The molecule has 0 saturated heterocycles. The Hall–Kier alpha value is -1.26. The van der Waals surface area contributed by atoms with E-state index in [1.54, 1.807) is 19.9 Å². The minimum absolute atomic E-state index is 0.217. The van der Waals surface area contributed by atoms with E-state index in [9.17, 15) is 10.2 Å². The molecule has 0 bridgehead atoms. The molecule has 0 aromatic heterocycles. The first-order valence-electron chi connectivity index (χ1n) is 5.72. The number of hydrogen-bond acceptors (Lipinski definition) is 4. The molecule has 0 saturated carbocycles. The van der Waals surface area contributed by atoms with Gasteiger partial charge in [0.2, 0.25) is 0 Å². The van der Waals surface area contributed by atoms with Crippen molar-refractivity contribution in [2.75, 3.05) is 13.2 Å². The molecule has 1 aromatic rings. The summed E-state index contributed by atoms with van der Waals surface area (Å²) in [4.78, 5) is 0. The lowest BCUT2D eigenvalue weighted by Gasteiger charge is -2.16. The van der Waals surface area contributed by atoms with Crippen LogP contribution in [0.2, 0.25) is 0 Å². The molecule has 17 heavy (non-hydrogen) atoms. The van der Waals surface area contributed by atoms with Gasteiger partial charge in [-0.15, -0.1) is 0 Å². The van der Waals surface area contributed by atoms with Gasteiger partial charge in [0.15, 0.2) is 11.5 Å². The smallest absolute Gasteiger partial charge is 0.164 e. The van der Waals surface area contributed by atoms with Gasteiger partial charge in [-0.05, 0) is 32.4 Å². The first kappa shape index (κ1) is 13.8. The second-order valence-electron chi connectivity index (χ2n) is 4.22. The monoisotopic (exact) mass is 240 g/mol. The second-order valence-corrected chi connectivity index (χ2v) is 4.22. The molecule has 0 spiro atoms. The van der Waals surface area contributed by atoms with Gasteiger partial charge in [-0.25, -0.2) is 0 Å². The molecule has 2 atom stereocenters. The molecular formula is C13H20O4. The summed E-state index contributed by atoms with van der Waals surface area (Å²) in [6, 6.07) is 5.56. The van der Waals surface area contributed by atoms with Crippen molar-refractivity contribution in [3.63, 3.8) is 0 Å². The highest BCUT2D eigenvalue weighted by molar-refractivity contribution is 5.45. The van der Waals surface area contributed by atoms with E-state index in [0.29, 0.717) is 11.5 Å². The van der Waals surface area contributed by atoms with Crippen LogP contribution in [0.1, 0.15) is 19.4 Å². The van der Waals surface area contributed by atoms with Gasteiger partial charge in [0, 0.05) is 0 Å². The fourth-order valence-electron chi connectivity index (χ4n) is 1.34. The SMILES string of the molecule is Cc1cccc(OCC(C)O)c1OCC(C)O. The third-order valence-electron chi connectivity index (χ3n) is 2.12. The lowest BCUT2D eigenvalue weighted by Crippen LogP contribution is -2.16. The summed E-state index contributed by atoms with van der Waals surface area (Å²) in [6.07, 6.45) is -1.06. The van der Waals surface area contributed by atoms with Gasteiger partial charge >= 0.3 is 0 Å². The molecular weight excluding hydrogens is 220 g/mol. The molecule has 0 fully saturated rings. The molecule has 0 aliphatic rings. The third-order valence-corrected chi connectivity index (χ3v) is 2.12. The van der Waals surface area contributed by atoms with Crippen LogP contribution in [-0.4, -0.2) is 35.6 Å². The molecule has 1 rings (SSSR count). The van der Waals surface area contributed by atoms with Gasteiger partial charge in [0.25, 0.3) is 0 Å². The van der Waals surface area contributed by atoms with Crippen molar-refractivity contribution in [3.05, 3.63) is 23.8 Å². The minimum atomic E-state index is -0.528. The van der Waals surface area contributed by atoms with Crippen LogP contribution in [0.5, 0.6) is 11.5 Å². The largest absolute Gasteiger partial charge is 0.487 e. The first-order chi connectivity index (χ1) is 8.00. The van der Waals surface area contributed by atoms with Crippen molar-refractivity contribution in [2.45, 2.75) is 33.0 Å². The Labute approximate surface area is 102 Å². The van der Waals surface area contributed by atoms with Crippen molar-refractivity contribution in [1.82, 2.24) is 0 Å². The highest BCUT2D eigenvalue weighted by atomic mass is 16.5. The van der Waals surface area contributed by atoms with E-state index < -0.39 is 12.2 Å². The predicted molar refractivity (Wildman–Crippen MR) is 65.5 cm³/mol.